The lowest BCUT2D eigenvalue weighted by atomic mass is 9.77. The molecule has 0 saturated heterocycles. The Balaban J connectivity index is 1.64. The van der Waals surface area contributed by atoms with Crippen molar-refractivity contribution in [3.05, 3.63) is 82.8 Å². The highest BCUT2D eigenvalue weighted by Gasteiger charge is 2.46. The number of aliphatic hydroxyl groups is 1. The number of Topliss-reactive ketones (excluding diaryl/α,β-unsaturated/α-hetero) is 1. The van der Waals surface area contributed by atoms with Crippen LogP contribution in [0.1, 0.15) is 50.9 Å². The SMILES string of the molecule is Cc1[nH]c2ccccc2c1C1=C(O)/C(=C/C2=[N+](CCC(C)C)c3ccccc3C2(C)C)C1=O. The lowest BCUT2D eigenvalue weighted by molar-refractivity contribution is -0.439. The van der Waals surface area contributed by atoms with E-state index in [1.807, 2.05) is 37.3 Å². The van der Waals surface area contributed by atoms with E-state index < -0.39 is 0 Å². The molecule has 3 aromatic rings. The van der Waals surface area contributed by atoms with Crippen molar-refractivity contribution in [2.24, 2.45) is 5.92 Å². The molecule has 0 bridgehead atoms. The van der Waals surface area contributed by atoms with Crippen LogP contribution < -0.4 is 0 Å². The monoisotopic (exact) mass is 439 g/mol. The molecule has 0 fully saturated rings. The Kier molecular flexibility index (Phi) is 4.93. The summed E-state index contributed by atoms with van der Waals surface area (Å²) in [5.74, 6) is 0.573. The molecular weight excluding hydrogens is 408 g/mol. The molecule has 168 valence electrons. The van der Waals surface area contributed by atoms with Crippen LogP contribution >= 0.6 is 0 Å². The van der Waals surface area contributed by atoms with Crippen molar-refractivity contribution in [2.45, 2.75) is 46.5 Å². The fraction of sp³-hybridized carbons (Fsp3) is 0.310. The normalized spacial score (nSPS) is 18.6. The van der Waals surface area contributed by atoms with Crippen molar-refractivity contribution in [3.63, 3.8) is 0 Å². The highest BCUT2D eigenvalue weighted by atomic mass is 16.3. The van der Waals surface area contributed by atoms with Crippen molar-refractivity contribution in [1.82, 2.24) is 4.98 Å². The lowest BCUT2D eigenvalue weighted by Gasteiger charge is -2.23. The number of benzene rings is 2. The summed E-state index contributed by atoms with van der Waals surface area (Å²) in [6.45, 7) is 11.7. The summed E-state index contributed by atoms with van der Waals surface area (Å²) in [6.07, 6.45) is 2.97. The van der Waals surface area contributed by atoms with Gasteiger partial charge in [0.25, 0.3) is 0 Å². The van der Waals surface area contributed by atoms with Crippen LogP contribution in [0.25, 0.3) is 16.5 Å². The molecule has 0 spiro atoms. The number of aliphatic hydroxyl groups excluding tert-OH is 1. The second-order valence-electron chi connectivity index (χ2n) is 10.1. The molecule has 0 atom stereocenters. The number of carbonyl (C=O) groups is 1. The second kappa shape index (κ2) is 7.58. The van der Waals surface area contributed by atoms with Crippen LogP contribution in [0.5, 0.6) is 0 Å². The quantitative estimate of drug-likeness (QED) is 0.358. The topological polar surface area (TPSA) is 56.1 Å². The van der Waals surface area contributed by atoms with Gasteiger partial charge in [0.2, 0.25) is 11.5 Å². The molecule has 1 aromatic heterocycles. The van der Waals surface area contributed by atoms with Crippen molar-refractivity contribution in [1.29, 1.82) is 0 Å². The molecule has 1 aliphatic heterocycles. The zero-order valence-corrected chi connectivity index (χ0v) is 20.0. The summed E-state index contributed by atoms with van der Waals surface area (Å²) >= 11 is 0. The number of hydrogen-bond acceptors (Lipinski definition) is 2. The fourth-order valence-electron chi connectivity index (χ4n) is 5.25. The first-order valence-corrected chi connectivity index (χ1v) is 11.7. The Bertz CT molecular complexity index is 1400. The number of hydrogen-bond donors (Lipinski definition) is 2. The predicted octanol–water partition coefficient (Wildman–Crippen LogP) is 6.38. The summed E-state index contributed by atoms with van der Waals surface area (Å²) in [6, 6.07) is 16.4. The van der Waals surface area contributed by atoms with Crippen LogP contribution in [0.15, 0.2) is 65.9 Å². The van der Waals surface area contributed by atoms with Crippen LogP contribution in [0, 0.1) is 12.8 Å². The number of aromatic amines is 1. The molecule has 2 N–H and O–H groups in total. The van der Waals surface area contributed by atoms with Crippen LogP contribution in [0.4, 0.5) is 5.69 Å². The Morgan fingerprint density at radius 2 is 1.79 bits per heavy atom. The Hall–Kier alpha value is -3.40. The number of allylic oxidation sites excluding steroid dienone is 3. The van der Waals surface area contributed by atoms with Gasteiger partial charge >= 0.3 is 0 Å². The van der Waals surface area contributed by atoms with E-state index in [9.17, 15) is 9.90 Å². The molecular formula is C29H31N2O2+. The molecule has 0 amide bonds. The van der Waals surface area contributed by atoms with Crippen LogP contribution in [-0.4, -0.2) is 32.7 Å². The van der Waals surface area contributed by atoms with Crippen LogP contribution in [0.2, 0.25) is 0 Å². The predicted molar refractivity (Wildman–Crippen MR) is 134 cm³/mol. The van der Waals surface area contributed by atoms with E-state index in [1.54, 1.807) is 0 Å². The van der Waals surface area contributed by atoms with Gasteiger partial charge in [0.05, 0.1) is 16.6 Å². The molecule has 0 unspecified atom stereocenters. The number of H-pyrrole nitrogens is 1. The van der Waals surface area contributed by atoms with Gasteiger partial charge in [-0.3, -0.25) is 4.79 Å². The number of carbonyl (C=O) groups excluding carboxylic acids is 1. The molecule has 0 saturated carbocycles. The van der Waals surface area contributed by atoms with E-state index in [2.05, 4.69) is 61.5 Å². The zero-order valence-electron chi connectivity index (χ0n) is 20.0. The molecule has 2 aromatic carbocycles. The smallest absolute Gasteiger partial charge is 0.209 e. The number of aromatic nitrogens is 1. The first-order chi connectivity index (χ1) is 15.7. The minimum Gasteiger partial charge on any atom is -0.506 e. The van der Waals surface area contributed by atoms with Gasteiger partial charge in [0.1, 0.15) is 12.3 Å². The molecule has 4 nitrogen and oxygen atoms in total. The van der Waals surface area contributed by atoms with Crippen molar-refractivity contribution < 1.29 is 14.5 Å². The van der Waals surface area contributed by atoms with E-state index in [1.165, 1.54) is 11.3 Å². The minimum absolute atomic E-state index is 0.0934. The largest absolute Gasteiger partial charge is 0.506 e. The summed E-state index contributed by atoms with van der Waals surface area (Å²) in [5.41, 5.74) is 6.74. The summed E-state index contributed by atoms with van der Waals surface area (Å²) in [7, 11) is 0. The third-order valence-corrected chi connectivity index (χ3v) is 7.12. The molecule has 33 heavy (non-hydrogen) atoms. The van der Waals surface area contributed by atoms with Gasteiger partial charge in [0.15, 0.2) is 5.71 Å². The summed E-state index contributed by atoms with van der Waals surface area (Å²) in [5, 5.41) is 12.1. The molecule has 5 rings (SSSR count). The second-order valence-corrected chi connectivity index (χ2v) is 10.1. The third kappa shape index (κ3) is 3.19. The third-order valence-electron chi connectivity index (χ3n) is 7.12. The van der Waals surface area contributed by atoms with Crippen molar-refractivity contribution in [3.8, 4) is 0 Å². The minimum atomic E-state index is -0.256. The van der Waals surface area contributed by atoms with Crippen LogP contribution in [-0.2, 0) is 10.2 Å². The van der Waals surface area contributed by atoms with E-state index >= 15 is 0 Å². The van der Waals surface area contributed by atoms with Gasteiger partial charge in [-0.05, 0) is 32.8 Å². The zero-order chi connectivity index (χ0) is 23.5. The number of rotatable bonds is 5. The Labute approximate surface area is 195 Å². The van der Waals surface area contributed by atoms with Gasteiger partial charge < -0.3 is 10.1 Å². The van der Waals surface area contributed by atoms with Crippen molar-refractivity contribution in [2.75, 3.05) is 6.54 Å². The number of nitrogens with zero attached hydrogens (tertiary/aromatic N) is 1. The first kappa shape index (κ1) is 21.4. The molecule has 2 heterocycles. The van der Waals surface area contributed by atoms with E-state index in [-0.39, 0.29) is 17.0 Å². The number of nitrogens with one attached hydrogen (secondary N) is 1. The van der Waals surface area contributed by atoms with E-state index in [4.69, 9.17) is 0 Å². The van der Waals surface area contributed by atoms with Gasteiger partial charge in [-0.25, -0.2) is 0 Å². The number of aryl methyl sites for hydroxylation is 1. The standard InChI is InChI=1S/C29H30N2O2/c1-17(2)14-15-31-23-13-9-7-11-21(23)29(4,5)24(31)16-20-27(32)26(28(20)33)25-18(3)30-22-12-8-6-10-19(22)25/h6-13,16-17H,14-15H2,1-5H3,(H,32,33)/p+1. The van der Waals surface area contributed by atoms with Gasteiger partial charge in [-0.15, -0.1) is 0 Å². The van der Waals surface area contributed by atoms with Gasteiger partial charge in [0, 0.05) is 46.3 Å². The maximum atomic E-state index is 13.4. The first-order valence-electron chi connectivity index (χ1n) is 11.7. The Morgan fingerprint density at radius 3 is 2.52 bits per heavy atom. The average Bonchev–Trinajstić information content (AvgIpc) is 3.21. The maximum absolute atomic E-state index is 13.4. The molecule has 1 aliphatic carbocycles. The highest BCUT2D eigenvalue weighted by molar-refractivity contribution is 6.41. The maximum Gasteiger partial charge on any atom is 0.209 e. The average molecular weight is 440 g/mol. The lowest BCUT2D eigenvalue weighted by Crippen LogP contribution is -2.31. The van der Waals surface area contributed by atoms with Crippen molar-refractivity contribution >= 4 is 33.7 Å². The van der Waals surface area contributed by atoms with Gasteiger partial charge in [-0.1, -0.05) is 50.2 Å². The van der Waals surface area contributed by atoms with Crippen LogP contribution in [0.3, 0.4) is 0 Å². The number of fused-ring (bicyclic) bond motifs is 2. The summed E-state index contributed by atoms with van der Waals surface area (Å²) < 4.78 is 2.33. The van der Waals surface area contributed by atoms with E-state index in [0.29, 0.717) is 17.1 Å². The summed E-state index contributed by atoms with van der Waals surface area (Å²) in [4.78, 5) is 16.7. The number of ketones is 1. The highest BCUT2D eigenvalue weighted by Crippen LogP contribution is 2.44. The molecule has 0 radical (unpaired) electrons. The Morgan fingerprint density at radius 1 is 1.09 bits per heavy atom. The molecule has 4 heteroatoms. The van der Waals surface area contributed by atoms with Gasteiger partial charge in [-0.2, -0.15) is 4.58 Å². The van der Waals surface area contributed by atoms with E-state index in [0.717, 1.165) is 40.8 Å². The fourth-order valence-corrected chi connectivity index (χ4v) is 5.25. The molecule has 2 aliphatic rings. The number of para-hydroxylation sites is 2.